The van der Waals surface area contributed by atoms with E-state index < -0.39 is 0 Å². The van der Waals surface area contributed by atoms with Crippen LogP contribution in [0.25, 0.3) is 0 Å². The molecule has 2 aromatic rings. The molecule has 3 rings (SSSR count). The summed E-state index contributed by atoms with van der Waals surface area (Å²) in [5, 5.41) is 2.87. The Kier molecular flexibility index (Phi) is 6.95. The van der Waals surface area contributed by atoms with Gasteiger partial charge < -0.3 is 10.1 Å². The van der Waals surface area contributed by atoms with Crippen molar-refractivity contribution in [2.45, 2.75) is 32.1 Å². The summed E-state index contributed by atoms with van der Waals surface area (Å²) < 4.78 is 18.4. The maximum Gasteiger partial charge on any atom is 0.257 e. The first-order chi connectivity index (χ1) is 13.6. The van der Waals surface area contributed by atoms with Crippen LogP contribution < -0.4 is 10.1 Å². The minimum Gasteiger partial charge on any atom is -0.484 e. The number of rotatable bonds is 8. The molecule has 0 fully saturated rings. The van der Waals surface area contributed by atoms with Crippen molar-refractivity contribution >= 4 is 11.7 Å². The predicted octanol–water partition coefficient (Wildman–Crippen LogP) is 4.44. The summed E-state index contributed by atoms with van der Waals surface area (Å²) in [6.07, 6.45) is 7.95. The third kappa shape index (κ3) is 5.78. The van der Waals surface area contributed by atoms with E-state index in [0.29, 0.717) is 23.4 Å². The first kappa shape index (κ1) is 19.8. The van der Waals surface area contributed by atoms with Crippen LogP contribution in [0.3, 0.4) is 0 Å². The molecule has 28 heavy (non-hydrogen) atoms. The first-order valence-electron chi connectivity index (χ1n) is 9.59. The van der Waals surface area contributed by atoms with E-state index in [9.17, 15) is 14.0 Å². The number of benzene rings is 2. The van der Waals surface area contributed by atoms with Crippen LogP contribution in [-0.4, -0.2) is 24.8 Å². The summed E-state index contributed by atoms with van der Waals surface area (Å²) in [6.45, 7) is 0.559. The number of hydrogen-bond acceptors (Lipinski definition) is 3. The second-order valence-electron chi connectivity index (χ2n) is 6.86. The van der Waals surface area contributed by atoms with Gasteiger partial charge in [0.2, 0.25) is 0 Å². The standard InChI is InChI=1S/C23H24FNO3/c24-20-10-6-18(7-11-20)23(27)19-8-12-21(13-9-19)28-16-22(26)25-15-14-17-4-2-1-3-5-17/h4,6-13H,1-3,5,14-16H2,(H,25,26). The smallest absolute Gasteiger partial charge is 0.257 e. The van der Waals surface area contributed by atoms with E-state index in [4.69, 9.17) is 4.74 Å². The van der Waals surface area contributed by atoms with Crippen LogP contribution in [0.15, 0.2) is 60.2 Å². The summed E-state index contributed by atoms with van der Waals surface area (Å²) >= 11 is 0. The number of allylic oxidation sites excluding steroid dienone is 1. The fourth-order valence-corrected chi connectivity index (χ4v) is 3.16. The Hall–Kier alpha value is -2.95. The zero-order chi connectivity index (χ0) is 19.8. The summed E-state index contributed by atoms with van der Waals surface area (Å²) in [7, 11) is 0. The lowest BCUT2D eigenvalue weighted by molar-refractivity contribution is -0.123. The molecule has 0 saturated heterocycles. The zero-order valence-electron chi connectivity index (χ0n) is 15.7. The summed E-state index contributed by atoms with van der Waals surface area (Å²) in [6, 6.07) is 12.0. The van der Waals surface area contributed by atoms with E-state index in [1.165, 1.54) is 42.7 Å². The molecule has 0 aromatic heterocycles. The van der Waals surface area contributed by atoms with Crippen LogP contribution in [0.5, 0.6) is 5.75 Å². The van der Waals surface area contributed by atoms with Gasteiger partial charge in [-0.25, -0.2) is 4.39 Å². The van der Waals surface area contributed by atoms with Crippen molar-refractivity contribution in [2.75, 3.05) is 13.2 Å². The van der Waals surface area contributed by atoms with Crippen molar-refractivity contribution in [1.82, 2.24) is 5.32 Å². The average Bonchev–Trinajstić information content (AvgIpc) is 2.73. The van der Waals surface area contributed by atoms with Gasteiger partial charge in [0.05, 0.1) is 0 Å². The quantitative estimate of drug-likeness (QED) is 0.543. The lowest BCUT2D eigenvalue weighted by Crippen LogP contribution is -2.30. The van der Waals surface area contributed by atoms with Crippen LogP contribution in [0.4, 0.5) is 4.39 Å². The molecule has 0 unspecified atom stereocenters. The predicted molar refractivity (Wildman–Crippen MR) is 106 cm³/mol. The van der Waals surface area contributed by atoms with Crippen molar-refractivity contribution in [3.8, 4) is 5.75 Å². The van der Waals surface area contributed by atoms with Crippen molar-refractivity contribution in [3.63, 3.8) is 0 Å². The maximum absolute atomic E-state index is 13.0. The molecule has 0 heterocycles. The Morgan fingerprint density at radius 2 is 1.64 bits per heavy atom. The average molecular weight is 381 g/mol. The van der Waals surface area contributed by atoms with E-state index in [2.05, 4.69) is 11.4 Å². The molecule has 0 bridgehead atoms. The molecule has 5 heteroatoms. The van der Waals surface area contributed by atoms with Gasteiger partial charge in [-0.05, 0) is 80.6 Å². The van der Waals surface area contributed by atoms with E-state index in [1.807, 2.05) is 0 Å². The zero-order valence-corrected chi connectivity index (χ0v) is 15.7. The highest BCUT2D eigenvalue weighted by Crippen LogP contribution is 2.19. The summed E-state index contributed by atoms with van der Waals surface area (Å²) in [5.41, 5.74) is 2.32. The fraction of sp³-hybridized carbons (Fsp3) is 0.304. The van der Waals surface area contributed by atoms with Crippen LogP contribution in [0.1, 0.15) is 48.0 Å². The third-order valence-corrected chi connectivity index (χ3v) is 4.75. The fourth-order valence-electron chi connectivity index (χ4n) is 3.16. The molecule has 0 aliphatic heterocycles. The number of carbonyl (C=O) groups is 2. The maximum atomic E-state index is 13.0. The van der Waals surface area contributed by atoms with Crippen molar-refractivity contribution in [1.29, 1.82) is 0 Å². The van der Waals surface area contributed by atoms with Crippen molar-refractivity contribution in [2.24, 2.45) is 0 Å². The van der Waals surface area contributed by atoms with Gasteiger partial charge in [-0.2, -0.15) is 0 Å². The Labute approximate surface area is 164 Å². The number of ether oxygens (including phenoxy) is 1. The van der Waals surface area contributed by atoms with E-state index in [-0.39, 0.29) is 24.1 Å². The lowest BCUT2D eigenvalue weighted by atomic mass is 9.97. The van der Waals surface area contributed by atoms with E-state index >= 15 is 0 Å². The van der Waals surface area contributed by atoms with Crippen LogP contribution in [-0.2, 0) is 4.79 Å². The minimum atomic E-state index is -0.381. The minimum absolute atomic E-state index is 0.0652. The highest BCUT2D eigenvalue weighted by Gasteiger charge is 2.10. The monoisotopic (exact) mass is 381 g/mol. The van der Waals surface area contributed by atoms with E-state index in [1.54, 1.807) is 24.3 Å². The number of hydrogen-bond donors (Lipinski definition) is 1. The highest BCUT2D eigenvalue weighted by atomic mass is 19.1. The summed E-state index contributed by atoms with van der Waals surface area (Å²) in [4.78, 5) is 24.3. The van der Waals surface area contributed by atoms with E-state index in [0.717, 1.165) is 19.3 Å². The molecule has 1 aliphatic carbocycles. The van der Waals surface area contributed by atoms with Crippen LogP contribution in [0.2, 0.25) is 0 Å². The van der Waals surface area contributed by atoms with Crippen LogP contribution in [0, 0.1) is 5.82 Å². The van der Waals surface area contributed by atoms with Crippen LogP contribution >= 0.6 is 0 Å². The number of halogens is 1. The molecule has 0 atom stereocenters. The molecular formula is C23H24FNO3. The third-order valence-electron chi connectivity index (χ3n) is 4.75. The summed E-state index contributed by atoms with van der Waals surface area (Å²) in [5.74, 6) is -0.223. The Bertz CT molecular complexity index is 841. The normalized spacial score (nSPS) is 13.5. The Balaban J connectivity index is 1.43. The number of carbonyl (C=O) groups excluding carboxylic acids is 2. The topological polar surface area (TPSA) is 55.4 Å². The van der Waals surface area contributed by atoms with Gasteiger partial charge in [-0.3, -0.25) is 9.59 Å². The molecule has 2 aromatic carbocycles. The Morgan fingerprint density at radius 3 is 2.29 bits per heavy atom. The SMILES string of the molecule is O=C(COc1ccc(C(=O)c2ccc(F)cc2)cc1)NCCC1=CCCCC1. The molecule has 0 radical (unpaired) electrons. The number of amides is 1. The molecule has 1 amide bonds. The van der Waals surface area contributed by atoms with Crippen molar-refractivity contribution < 1.29 is 18.7 Å². The van der Waals surface area contributed by atoms with Gasteiger partial charge in [0.15, 0.2) is 12.4 Å². The molecule has 1 N–H and O–H groups in total. The molecule has 146 valence electrons. The highest BCUT2D eigenvalue weighted by molar-refractivity contribution is 6.09. The van der Waals surface area contributed by atoms with Gasteiger partial charge in [0.25, 0.3) is 5.91 Å². The number of ketones is 1. The van der Waals surface area contributed by atoms with Gasteiger partial charge in [0.1, 0.15) is 11.6 Å². The van der Waals surface area contributed by atoms with Gasteiger partial charge >= 0.3 is 0 Å². The second-order valence-corrected chi connectivity index (χ2v) is 6.86. The lowest BCUT2D eigenvalue weighted by Gasteiger charge is -2.13. The second kappa shape index (κ2) is 9.83. The van der Waals surface area contributed by atoms with Gasteiger partial charge in [-0.15, -0.1) is 0 Å². The largest absolute Gasteiger partial charge is 0.484 e. The molecule has 0 saturated carbocycles. The molecule has 0 spiro atoms. The Morgan fingerprint density at radius 1 is 0.964 bits per heavy atom. The van der Waals surface area contributed by atoms with Crippen molar-refractivity contribution in [3.05, 3.63) is 77.1 Å². The molecular weight excluding hydrogens is 357 g/mol. The number of nitrogens with one attached hydrogen (secondary N) is 1. The first-order valence-corrected chi connectivity index (χ1v) is 9.59. The van der Waals surface area contributed by atoms with Gasteiger partial charge in [-0.1, -0.05) is 11.6 Å². The van der Waals surface area contributed by atoms with Gasteiger partial charge in [0, 0.05) is 17.7 Å². The molecule has 1 aliphatic rings. The molecule has 4 nitrogen and oxygen atoms in total.